The summed E-state index contributed by atoms with van der Waals surface area (Å²) >= 11 is 0. The lowest BCUT2D eigenvalue weighted by atomic mass is 10.0. The highest BCUT2D eigenvalue weighted by Gasteiger charge is 2.18. The summed E-state index contributed by atoms with van der Waals surface area (Å²) in [5.74, 6) is -0.269. The topological polar surface area (TPSA) is 72.6 Å². The lowest BCUT2D eigenvalue weighted by Gasteiger charge is -2.18. The van der Waals surface area contributed by atoms with Crippen molar-refractivity contribution in [1.29, 1.82) is 0 Å². The summed E-state index contributed by atoms with van der Waals surface area (Å²) in [6.45, 7) is 1.72. The van der Waals surface area contributed by atoms with Crippen LogP contribution in [-0.2, 0) is 9.53 Å². The van der Waals surface area contributed by atoms with Crippen LogP contribution in [0.2, 0.25) is 0 Å². The molecule has 1 unspecified atom stereocenters. The highest BCUT2D eigenvalue weighted by molar-refractivity contribution is 5.75. The number of aliphatic hydroxyl groups excluding tert-OH is 1. The minimum absolute atomic E-state index is 0.0107. The van der Waals surface area contributed by atoms with Gasteiger partial charge in [-0.3, -0.25) is 0 Å². The Morgan fingerprint density at radius 1 is 1.73 bits per heavy atom. The summed E-state index contributed by atoms with van der Waals surface area (Å²) in [5, 5.41) is 9.11. The molecule has 0 aliphatic carbocycles. The maximum absolute atomic E-state index is 10.6. The number of nitrogens with two attached hydrogens (primary N) is 1. The molecule has 0 aromatic rings. The number of ketones is 1. The van der Waals surface area contributed by atoms with Crippen molar-refractivity contribution in [2.45, 2.75) is 19.6 Å². The molecule has 0 heterocycles. The summed E-state index contributed by atoms with van der Waals surface area (Å²) in [6, 6.07) is 0. The number of carbonyl (C=O) groups excluding carboxylic acids is 1. The van der Waals surface area contributed by atoms with Crippen molar-refractivity contribution in [2.24, 2.45) is 11.7 Å². The van der Waals surface area contributed by atoms with E-state index in [9.17, 15) is 4.79 Å². The number of rotatable bonds is 5. The van der Waals surface area contributed by atoms with Crippen molar-refractivity contribution in [3.63, 3.8) is 0 Å². The van der Waals surface area contributed by atoms with E-state index in [2.05, 4.69) is 4.74 Å². The van der Waals surface area contributed by atoms with E-state index in [1.54, 1.807) is 0 Å². The van der Waals surface area contributed by atoms with Gasteiger partial charge in [-0.05, 0) is 6.92 Å². The monoisotopic (exact) mass is 161 g/mol. The van der Waals surface area contributed by atoms with Gasteiger partial charge in [-0.25, -0.2) is 0 Å². The van der Waals surface area contributed by atoms with Crippen molar-refractivity contribution in [3.05, 3.63) is 0 Å². The second-order valence-electron chi connectivity index (χ2n) is 2.53. The van der Waals surface area contributed by atoms with Gasteiger partial charge in [0.15, 0.2) is 6.29 Å². The SMILES string of the molecule is CO[C@H](O)C(CN)CC(C)=O. The number of aliphatic hydroxyl groups is 1. The maximum Gasteiger partial charge on any atom is 0.158 e. The number of carbonyl (C=O) groups is 1. The summed E-state index contributed by atoms with van der Waals surface area (Å²) in [7, 11) is 1.38. The first kappa shape index (κ1) is 10.6. The second kappa shape index (κ2) is 5.23. The lowest BCUT2D eigenvalue weighted by molar-refractivity contribution is -0.130. The first-order chi connectivity index (χ1) is 5.11. The molecule has 0 rings (SSSR count). The van der Waals surface area contributed by atoms with E-state index in [0.717, 1.165) is 0 Å². The van der Waals surface area contributed by atoms with E-state index in [-0.39, 0.29) is 24.7 Å². The van der Waals surface area contributed by atoms with Crippen LogP contribution < -0.4 is 5.73 Å². The molecule has 0 radical (unpaired) electrons. The molecule has 0 aliphatic rings. The summed E-state index contributed by atoms with van der Waals surface area (Å²) in [5.41, 5.74) is 5.31. The quantitative estimate of drug-likeness (QED) is 0.533. The largest absolute Gasteiger partial charge is 0.368 e. The fourth-order valence-electron chi connectivity index (χ4n) is 0.862. The molecular weight excluding hydrogens is 146 g/mol. The first-order valence-corrected chi connectivity index (χ1v) is 3.52. The molecule has 4 nitrogen and oxygen atoms in total. The molecule has 0 spiro atoms. The molecule has 0 saturated carbocycles. The van der Waals surface area contributed by atoms with Crippen molar-refractivity contribution >= 4 is 5.78 Å². The smallest absolute Gasteiger partial charge is 0.158 e. The van der Waals surface area contributed by atoms with E-state index in [4.69, 9.17) is 10.8 Å². The summed E-state index contributed by atoms with van der Waals surface area (Å²) in [4.78, 5) is 10.6. The highest BCUT2D eigenvalue weighted by Crippen LogP contribution is 2.08. The Morgan fingerprint density at radius 2 is 2.27 bits per heavy atom. The number of methoxy groups -OCH3 is 1. The van der Waals surface area contributed by atoms with Crippen LogP contribution in [0.5, 0.6) is 0 Å². The predicted octanol–water partition coefficient (Wildman–Crippen LogP) is -0.495. The van der Waals surface area contributed by atoms with Crippen molar-refractivity contribution in [3.8, 4) is 0 Å². The number of hydrogen-bond donors (Lipinski definition) is 2. The van der Waals surface area contributed by atoms with Crippen LogP contribution in [0.1, 0.15) is 13.3 Å². The first-order valence-electron chi connectivity index (χ1n) is 3.52. The number of ether oxygens (including phenoxy) is 1. The van der Waals surface area contributed by atoms with E-state index >= 15 is 0 Å². The third-order valence-corrected chi connectivity index (χ3v) is 1.50. The zero-order valence-corrected chi connectivity index (χ0v) is 6.91. The van der Waals surface area contributed by atoms with Gasteiger partial charge in [0.05, 0.1) is 0 Å². The molecule has 0 aliphatic heterocycles. The van der Waals surface area contributed by atoms with Gasteiger partial charge in [0.1, 0.15) is 5.78 Å². The number of hydrogen-bond acceptors (Lipinski definition) is 4. The molecule has 3 N–H and O–H groups in total. The van der Waals surface area contributed by atoms with Crippen LogP contribution in [0.15, 0.2) is 0 Å². The molecule has 66 valence electrons. The molecule has 2 atom stereocenters. The van der Waals surface area contributed by atoms with Gasteiger partial charge in [-0.2, -0.15) is 0 Å². The average molecular weight is 161 g/mol. The highest BCUT2D eigenvalue weighted by atomic mass is 16.6. The van der Waals surface area contributed by atoms with Gasteiger partial charge in [-0.15, -0.1) is 0 Å². The third kappa shape index (κ3) is 4.08. The molecular formula is C7H15NO3. The maximum atomic E-state index is 10.6. The summed E-state index contributed by atoms with van der Waals surface area (Å²) < 4.78 is 4.63. The van der Waals surface area contributed by atoms with Crippen LogP contribution in [0.3, 0.4) is 0 Å². The molecule has 4 heteroatoms. The molecule has 0 aromatic heterocycles. The molecule has 0 fully saturated rings. The van der Waals surface area contributed by atoms with Gasteiger partial charge < -0.3 is 20.4 Å². The van der Waals surface area contributed by atoms with E-state index < -0.39 is 6.29 Å². The van der Waals surface area contributed by atoms with Gasteiger partial charge in [-0.1, -0.05) is 0 Å². The molecule has 0 aromatic carbocycles. The molecule has 0 amide bonds. The molecule has 0 saturated heterocycles. The van der Waals surface area contributed by atoms with Gasteiger partial charge in [0, 0.05) is 26.0 Å². The van der Waals surface area contributed by atoms with Crippen LogP contribution in [0.4, 0.5) is 0 Å². The van der Waals surface area contributed by atoms with Gasteiger partial charge in [0.25, 0.3) is 0 Å². The Kier molecular flexibility index (Phi) is 5.02. The Bertz CT molecular complexity index is 127. The Labute approximate surface area is 66.3 Å². The van der Waals surface area contributed by atoms with Crippen LogP contribution in [0, 0.1) is 5.92 Å². The van der Waals surface area contributed by atoms with Crippen LogP contribution in [-0.4, -0.2) is 30.8 Å². The Balaban J connectivity index is 3.84. The zero-order valence-electron chi connectivity index (χ0n) is 6.91. The number of Topliss-reactive ketones (excluding diaryl/α,β-unsaturated/α-hetero) is 1. The van der Waals surface area contributed by atoms with Crippen molar-refractivity contribution < 1.29 is 14.6 Å². The average Bonchev–Trinajstić information content (AvgIpc) is 1.98. The third-order valence-electron chi connectivity index (χ3n) is 1.50. The van der Waals surface area contributed by atoms with Crippen molar-refractivity contribution in [2.75, 3.05) is 13.7 Å². The molecule has 0 bridgehead atoms. The standard InChI is InChI=1S/C7H15NO3/c1-5(9)3-6(4-8)7(10)11-2/h6-7,10H,3-4,8H2,1-2H3/t6?,7-/m0/s1. The fraction of sp³-hybridized carbons (Fsp3) is 0.857. The van der Waals surface area contributed by atoms with Gasteiger partial charge >= 0.3 is 0 Å². The minimum atomic E-state index is -0.927. The fourth-order valence-corrected chi connectivity index (χ4v) is 0.862. The normalized spacial score (nSPS) is 16.0. The predicted molar refractivity (Wildman–Crippen MR) is 40.9 cm³/mol. The van der Waals surface area contributed by atoms with E-state index in [1.807, 2.05) is 0 Å². The Hall–Kier alpha value is -0.450. The molecule has 11 heavy (non-hydrogen) atoms. The Morgan fingerprint density at radius 3 is 2.55 bits per heavy atom. The zero-order chi connectivity index (χ0) is 8.85. The lowest BCUT2D eigenvalue weighted by Crippen LogP contribution is -2.30. The van der Waals surface area contributed by atoms with Crippen LogP contribution >= 0.6 is 0 Å². The summed E-state index contributed by atoms with van der Waals surface area (Å²) in [6.07, 6.45) is -0.658. The van der Waals surface area contributed by atoms with E-state index in [0.29, 0.717) is 0 Å². The van der Waals surface area contributed by atoms with Gasteiger partial charge in [0.2, 0.25) is 0 Å². The minimum Gasteiger partial charge on any atom is -0.368 e. The van der Waals surface area contributed by atoms with Crippen molar-refractivity contribution in [1.82, 2.24) is 0 Å². The van der Waals surface area contributed by atoms with Crippen LogP contribution in [0.25, 0.3) is 0 Å². The second-order valence-corrected chi connectivity index (χ2v) is 2.53. The van der Waals surface area contributed by atoms with E-state index in [1.165, 1.54) is 14.0 Å².